The fourth-order valence-electron chi connectivity index (χ4n) is 3.50. The van der Waals surface area contributed by atoms with Crippen molar-refractivity contribution in [1.29, 1.82) is 0 Å². The van der Waals surface area contributed by atoms with Crippen LogP contribution in [0.2, 0.25) is 0 Å². The van der Waals surface area contributed by atoms with Gasteiger partial charge in [-0.15, -0.1) is 0 Å². The molecule has 1 aliphatic rings. The van der Waals surface area contributed by atoms with Crippen LogP contribution in [-0.2, 0) is 0 Å². The predicted octanol–water partition coefficient (Wildman–Crippen LogP) is 3.32. The van der Waals surface area contributed by atoms with Crippen LogP contribution in [0.4, 0.5) is 5.95 Å². The Balaban J connectivity index is 1.72. The average molecular weight is 348 g/mol. The van der Waals surface area contributed by atoms with Crippen molar-refractivity contribution in [2.24, 2.45) is 0 Å². The number of methoxy groups -OCH3 is 1. The lowest BCUT2D eigenvalue weighted by atomic mass is 9.97. The number of hydrogen-bond acceptors (Lipinski definition) is 4. The fourth-order valence-corrected chi connectivity index (χ4v) is 3.50. The number of anilines is 1. The number of amides is 1. The van der Waals surface area contributed by atoms with Gasteiger partial charge in [0.1, 0.15) is 12.1 Å². The zero-order chi connectivity index (χ0) is 18.1. The number of carbonyl (C=O) groups is 1. The van der Waals surface area contributed by atoms with Crippen LogP contribution in [0.1, 0.15) is 35.3 Å². The molecule has 6 nitrogen and oxygen atoms in total. The maximum Gasteiger partial charge on any atom is 0.261 e. The first-order valence-corrected chi connectivity index (χ1v) is 8.61. The molecule has 1 aromatic heterocycles. The number of hydrogen-bond donors (Lipinski definition) is 0. The molecular weight excluding hydrogens is 328 g/mol. The van der Waals surface area contributed by atoms with Gasteiger partial charge in [-0.25, -0.2) is 4.68 Å². The molecule has 2 atom stereocenters. The predicted molar refractivity (Wildman–Crippen MR) is 98.5 cm³/mol. The maximum atomic E-state index is 13.2. The van der Waals surface area contributed by atoms with E-state index in [1.165, 1.54) is 11.9 Å². The molecule has 2 heterocycles. The number of fused-ring (bicyclic) bond motifs is 1. The van der Waals surface area contributed by atoms with Gasteiger partial charge in [-0.3, -0.25) is 9.69 Å². The van der Waals surface area contributed by atoms with Gasteiger partial charge in [-0.1, -0.05) is 36.4 Å². The second kappa shape index (κ2) is 6.63. The molecule has 1 amide bonds. The van der Waals surface area contributed by atoms with E-state index in [1.807, 2.05) is 41.9 Å². The number of ether oxygens (including phenoxy) is 1. The first-order valence-electron chi connectivity index (χ1n) is 8.61. The Kier molecular flexibility index (Phi) is 4.16. The van der Waals surface area contributed by atoms with Crippen LogP contribution >= 0.6 is 0 Å². The highest BCUT2D eigenvalue weighted by Crippen LogP contribution is 2.35. The summed E-state index contributed by atoms with van der Waals surface area (Å²) in [5.74, 6) is 1.13. The minimum absolute atomic E-state index is 0.00407. The summed E-state index contributed by atoms with van der Waals surface area (Å²) in [5, 5.41) is 4.40. The molecule has 0 saturated heterocycles. The maximum absolute atomic E-state index is 13.2. The quantitative estimate of drug-likeness (QED) is 0.728. The van der Waals surface area contributed by atoms with Crippen molar-refractivity contribution >= 4 is 11.9 Å². The van der Waals surface area contributed by atoms with E-state index in [2.05, 4.69) is 22.2 Å². The summed E-state index contributed by atoms with van der Waals surface area (Å²) in [7, 11) is 1.59. The highest BCUT2D eigenvalue weighted by molar-refractivity contribution is 6.06. The molecule has 0 fully saturated rings. The summed E-state index contributed by atoms with van der Waals surface area (Å²) in [6.45, 7) is 2.05. The van der Waals surface area contributed by atoms with Crippen molar-refractivity contribution in [3.05, 3.63) is 72.1 Å². The van der Waals surface area contributed by atoms with E-state index >= 15 is 0 Å². The van der Waals surface area contributed by atoms with Gasteiger partial charge in [0, 0.05) is 11.6 Å². The van der Waals surface area contributed by atoms with Gasteiger partial charge in [-0.2, -0.15) is 10.1 Å². The summed E-state index contributed by atoms with van der Waals surface area (Å²) >= 11 is 0. The zero-order valence-corrected chi connectivity index (χ0v) is 14.7. The first-order chi connectivity index (χ1) is 12.7. The van der Waals surface area contributed by atoms with Gasteiger partial charge in [0.15, 0.2) is 0 Å². The van der Waals surface area contributed by atoms with E-state index < -0.39 is 0 Å². The van der Waals surface area contributed by atoms with E-state index in [9.17, 15) is 4.79 Å². The Morgan fingerprint density at radius 1 is 1.15 bits per heavy atom. The molecule has 0 N–H and O–H groups in total. The standard InChI is InChI=1S/C20H20N4O2/c1-14-11-18(15-7-4-3-5-8-15)24-20(21-13-22-24)23(14)19(25)16-9-6-10-17(12-16)26-2/h3-10,12-14,18H,11H2,1-2H3/t14-,18+/m0/s1. The van der Waals surface area contributed by atoms with Gasteiger partial charge >= 0.3 is 0 Å². The number of rotatable bonds is 3. The molecular formula is C20H20N4O2. The third-order valence-corrected chi connectivity index (χ3v) is 4.79. The molecule has 2 aromatic carbocycles. The largest absolute Gasteiger partial charge is 0.497 e. The average Bonchev–Trinajstić information content (AvgIpc) is 3.17. The molecule has 1 aliphatic heterocycles. The Morgan fingerprint density at radius 2 is 1.96 bits per heavy atom. The normalized spacial score (nSPS) is 19.1. The van der Waals surface area contributed by atoms with Crippen molar-refractivity contribution in [3.8, 4) is 5.75 Å². The van der Waals surface area contributed by atoms with E-state index in [0.717, 1.165) is 6.42 Å². The van der Waals surface area contributed by atoms with Gasteiger partial charge in [0.2, 0.25) is 5.95 Å². The third-order valence-electron chi connectivity index (χ3n) is 4.79. The van der Waals surface area contributed by atoms with Crippen LogP contribution in [-0.4, -0.2) is 33.8 Å². The van der Waals surface area contributed by atoms with Gasteiger partial charge in [0.25, 0.3) is 5.91 Å². The van der Waals surface area contributed by atoms with Crippen molar-refractivity contribution in [3.63, 3.8) is 0 Å². The molecule has 0 unspecified atom stereocenters. The minimum atomic E-state index is -0.0999. The number of aromatic nitrogens is 3. The molecule has 0 aliphatic carbocycles. The van der Waals surface area contributed by atoms with Gasteiger partial charge in [0.05, 0.1) is 13.2 Å². The fraction of sp³-hybridized carbons (Fsp3) is 0.250. The third kappa shape index (κ3) is 2.73. The Morgan fingerprint density at radius 3 is 2.73 bits per heavy atom. The van der Waals surface area contributed by atoms with E-state index in [-0.39, 0.29) is 18.0 Å². The lowest BCUT2D eigenvalue weighted by Gasteiger charge is -2.37. The molecule has 132 valence electrons. The van der Waals surface area contributed by atoms with Gasteiger partial charge in [-0.05, 0) is 37.1 Å². The van der Waals surface area contributed by atoms with Crippen LogP contribution in [0.15, 0.2) is 60.9 Å². The highest BCUT2D eigenvalue weighted by Gasteiger charge is 2.36. The topological polar surface area (TPSA) is 60.2 Å². The minimum Gasteiger partial charge on any atom is -0.497 e. The van der Waals surface area contributed by atoms with Crippen molar-refractivity contribution in [2.45, 2.75) is 25.4 Å². The number of carbonyl (C=O) groups excluding carboxylic acids is 1. The molecule has 0 saturated carbocycles. The molecule has 0 bridgehead atoms. The number of nitrogens with zero attached hydrogens (tertiary/aromatic N) is 4. The smallest absolute Gasteiger partial charge is 0.261 e. The summed E-state index contributed by atoms with van der Waals surface area (Å²) in [6, 6.07) is 17.5. The van der Waals surface area contributed by atoms with Crippen LogP contribution in [0.5, 0.6) is 5.75 Å². The Hall–Kier alpha value is -3.15. The van der Waals surface area contributed by atoms with Crippen LogP contribution < -0.4 is 9.64 Å². The monoisotopic (exact) mass is 348 g/mol. The summed E-state index contributed by atoms with van der Waals surface area (Å²) < 4.78 is 7.09. The Bertz CT molecular complexity index is 922. The Labute approximate surface area is 152 Å². The van der Waals surface area contributed by atoms with Crippen molar-refractivity contribution < 1.29 is 9.53 Å². The van der Waals surface area contributed by atoms with E-state index in [1.54, 1.807) is 24.1 Å². The molecule has 4 rings (SSSR count). The molecule has 0 spiro atoms. The molecule has 6 heteroatoms. The summed E-state index contributed by atoms with van der Waals surface area (Å²) in [4.78, 5) is 19.3. The second-order valence-corrected chi connectivity index (χ2v) is 6.42. The van der Waals surface area contributed by atoms with E-state index in [0.29, 0.717) is 17.3 Å². The summed E-state index contributed by atoms with van der Waals surface area (Å²) in [6.07, 6.45) is 2.28. The van der Waals surface area contributed by atoms with E-state index in [4.69, 9.17) is 4.74 Å². The van der Waals surface area contributed by atoms with Crippen LogP contribution in [0, 0.1) is 0 Å². The lowest BCUT2D eigenvalue weighted by molar-refractivity contribution is 0.0966. The number of benzene rings is 2. The molecule has 26 heavy (non-hydrogen) atoms. The second-order valence-electron chi connectivity index (χ2n) is 6.42. The lowest BCUT2D eigenvalue weighted by Crippen LogP contribution is -2.46. The van der Waals surface area contributed by atoms with Gasteiger partial charge < -0.3 is 4.74 Å². The highest BCUT2D eigenvalue weighted by atomic mass is 16.5. The van der Waals surface area contributed by atoms with Crippen molar-refractivity contribution in [1.82, 2.24) is 14.8 Å². The zero-order valence-electron chi connectivity index (χ0n) is 14.7. The van der Waals surface area contributed by atoms with Crippen LogP contribution in [0.3, 0.4) is 0 Å². The molecule has 0 radical (unpaired) electrons. The SMILES string of the molecule is COc1cccc(C(=O)N2c3ncnn3[C@@H](c3ccccc3)C[C@@H]2C)c1. The molecule has 3 aromatic rings. The van der Waals surface area contributed by atoms with Crippen molar-refractivity contribution in [2.75, 3.05) is 12.0 Å². The van der Waals surface area contributed by atoms with Crippen LogP contribution in [0.25, 0.3) is 0 Å². The summed E-state index contributed by atoms with van der Waals surface area (Å²) in [5.41, 5.74) is 1.74. The first kappa shape index (κ1) is 16.3.